The van der Waals surface area contributed by atoms with E-state index in [0.29, 0.717) is 17.4 Å². The van der Waals surface area contributed by atoms with Crippen LogP contribution in [0.15, 0.2) is 12.1 Å². The third-order valence-electron chi connectivity index (χ3n) is 1.89. The van der Waals surface area contributed by atoms with Crippen molar-refractivity contribution >= 4 is 23.9 Å². The van der Waals surface area contributed by atoms with Crippen molar-refractivity contribution in [2.45, 2.75) is 6.92 Å². The molecule has 0 spiro atoms. The van der Waals surface area contributed by atoms with Crippen molar-refractivity contribution in [2.24, 2.45) is 0 Å². The summed E-state index contributed by atoms with van der Waals surface area (Å²) in [4.78, 5) is 21.7. The van der Waals surface area contributed by atoms with Gasteiger partial charge in [0.1, 0.15) is 6.29 Å². The van der Waals surface area contributed by atoms with Crippen LogP contribution in [-0.2, 0) is 4.74 Å². The number of benzene rings is 1. The van der Waals surface area contributed by atoms with Gasteiger partial charge in [-0.15, -0.1) is 0 Å². The fraction of sp³-hybridized carbons (Fsp3) is 0.200. The van der Waals surface area contributed by atoms with Gasteiger partial charge in [0.15, 0.2) is 0 Å². The van der Waals surface area contributed by atoms with Gasteiger partial charge in [-0.3, -0.25) is 4.79 Å². The second-order valence-corrected chi connectivity index (χ2v) is 3.21. The molecular formula is C10H9ClO3. The largest absolute Gasteiger partial charge is 0.465 e. The topological polar surface area (TPSA) is 43.4 Å². The Labute approximate surface area is 86.6 Å². The lowest BCUT2D eigenvalue weighted by Gasteiger charge is -2.05. The van der Waals surface area contributed by atoms with E-state index in [-0.39, 0.29) is 10.6 Å². The molecule has 0 amide bonds. The number of carbonyl (C=O) groups excluding carboxylic acids is 2. The van der Waals surface area contributed by atoms with E-state index in [0.717, 1.165) is 0 Å². The van der Waals surface area contributed by atoms with E-state index in [1.807, 2.05) is 0 Å². The molecule has 0 aliphatic carbocycles. The molecule has 3 nitrogen and oxygen atoms in total. The zero-order valence-corrected chi connectivity index (χ0v) is 8.59. The van der Waals surface area contributed by atoms with Crippen LogP contribution in [-0.4, -0.2) is 19.4 Å². The second-order valence-electron chi connectivity index (χ2n) is 2.80. The maximum absolute atomic E-state index is 11.2. The Morgan fingerprint density at radius 2 is 2.14 bits per heavy atom. The molecule has 0 heterocycles. The van der Waals surface area contributed by atoms with Crippen molar-refractivity contribution < 1.29 is 14.3 Å². The average Bonchev–Trinajstić information content (AvgIpc) is 2.19. The van der Waals surface area contributed by atoms with E-state index in [1.165, 1.54) is 19.2 Å². The molecular weight excluding hydrogens is 204 g/mol. The van der Waals surface area contributed by atoms with Crippen molar-refractivity contribution in [2.75, 3.05) is 7.11 Å². The number of methoxy groups -OCH3 is 1. The Hall–Kier alpha value is -1.35. The van der Waals surface area contributed by atoms with Crippen molar-refractivity contribution in [3.05, 3.63) is 33.8 Å². The van der Waals surface area contributed by atoms with E-state index in [9.17, 15) is 9.59 Å². The van der Waals surface area contributed by atoms with Gasteiger partial charge in [0.05, 0.1) is 17.7 Å². The molecule has 1 rings (SSSR count). The number of ether oxygens (including phenoxy) is 1. The van der Waals surface area contributed by atoms with Crippen LogP contribution in [0.2, 0.25) is 5.02 Å². The summed E-state index contributed by atoms with van der Waals surface area (Å²) in [6.45, 7) is 1.73. The molecule has 0 bridgehead atoms. The standard InChI is InChI=1S/C10H9ClO3/c1-6-3-8(10(13)14-2)9(11)4-7(6)5-12/h3-5H,1-2H3. The molecule has 14 heavy (non-hydrogen) atoms. The number of esters is 1. The first-order valence-corrected chi connectivity index (χ1v) is 4.31. The van der Waals surface area contributed by atoms with Crippen molar-refractivity contribution in [1.82, 2.24) is 0 Å². The smallest absolute Gasteiger partial charge is 0.339 e. The van der Waals surface area contributed by atoms with Gasteiger partial charge in [-0.1, -0.05) is 11.6 Å². The molecule has 0 aliphatic heterocycles. The SMILES string of the molecule is COC(=O)c1cc(C)c(C=O)cc1Cl. The molecule has 1 aromatic rings. The molecule has 0 radical (unpaired) electrons. The lowest BCUT2D eigenvalue weighted by molar-refractivity contribution is 0.0600. The highest BCUT2D eigenvalue weighted by Gasteiger charge is 2.12. The van der Waals surface area contributed by atoms with Gasteiger partial charge < -0.3 is 4.74 Å². The highest BCUT2D eigenvalue weighted by Crippen LogP contribution is 2.21. The predicted octanol–water partition coefficient (Wildman–Crippen LogP) is 2.25. The predicted molar refractivity (Wildman–Crippen MR) is 52.9 cm³/mol. The van der Waals surface area contributed by atoms with E-state index < -0.39 is 5.97 Å². The zero-order chi connectivity index (χ0) is 10.7. The molecule has 0 aliphatic rings. The summed E-state index contributed by atoms with van der Waals surface area (Å²) in [6.07, 6.45) is 0.697. The van der Waals surface area contributed by atoms with Crippen molar-refractivity contribution in [1.29, 1.82) is 0 Å². The van der Waals surface area contributed by atoms with Gasteiger partial charge in [-0.2, -0.15) is 0 Å². The molecule has 1 aromatic carbocycles. The normalized spacial score (nSPS) is 9.64. The van der Waals surface area contributed by atoms with Crippen LogP contribution >= 0.6 is 11.6 Å². The molecule has 0 saturated carbocycles. The first-order chi connectivity index (χ1) is 6.60. The Bertz CT molecular complexity index is 385. The van der Waals surface area contributed by atoms with Crippen molar-refractivity contribution in [3.63, 3.8) is 0 Å². The van der Waals surface area contributed by atoms with Gasteiger partial charge in [0, 0.05) is 5.56 Å². The fourth-order valence-electron chi connectivity index (χ4n) is 1.09. The summed E-state index contributed by atoms with van der Waals surface area (Å²) < 4.78 is 4.53. The summed E-state index contributed by atoms with van der Waals surface area (Å²) >= 11 is 5.79. The zero-order valence-electron chi connectivity index (χ0n) is 7.83. The van der Waals surface area contributed by atoms with Crippen LogP contribution in [0.1, 0.15) is 26.3 Å². The third kappa shape index (κ3) is 1.93. The molecule has 0 aromatic heterocycles. The maximum atomic E-state index is 11.2. The number of aryl methyl sites for hydroxylation is 1. The highest BCUT2D eigenvalue weighted by molar-refractivity contribution is 6.33. The molecule has 4 heteroatoms. The first kappa shape index (κ1) is 10.7. The summed E-state index contributed by atoms with van der Waals surface area (Å²) in [5, 5.41) is 0.226. The van der Waals surface area contributed by atoms with Crippen LogP contribution in [0.3, 0.4) is 0 Å². The van der Waals surface area contributed by atoms with Crippen LogP contribution in [0, 0.1) is 6.92 Å². The minimum Gasteiger partial charge on any atom is -0.465 e. The van der Waals surface area contributed by atoms with E-state index in [4.69, 9.17) is 11.6 Å². The summed E-state index contributed by atoms with van der Waals surface area (Å²) in [7, 11) is 1.28. The third-order valence-corrected chi connectivity index (χ3v) is 2.20. The maximum Gasteiger partial charge on any atom is 0.339 e. The van der Waals surface area contributed by atoms with Gasteiger partial charge in [-0.25, -0.2) is 4.79 Å². The molecule has 0 fully saturated rings. The van der Waals surface area contributed by atoms with Gasteiger partial charge in [-0.05, 0) is 24.6 Å². The minimum absolute atomic E-state index is 0.226. The minimum atomic E-state index is -0.504. The number of aldehydes is 1. The van der Waals surface area contributed by atoms with Gasteiger partial charge >= 0.3 is 5.97 Å². The Kier molecular flexibility index (Phi) is 3.25. The molecule has 0 N–H and O–H groups in total. The van der Waals surface area contributed by atoms with Crippen LogP contribution in [0.4, 0.5) is 0 Å². The quantitative estimate of drug-likeness (QED) is 0.558. The summed E-state index contributed by atoms with van der Waals surface area (Å²) in [6, 6.07) is 2.99. The fourth-order valence-corrected chi connectivity index (χ4v) is 1.34. The summed E-state index contributed by atoms with van der Waals surface area (Å²) in [5.41, 5.74) is 1.45. The van der Waals surface area contributed by atoms with Gasteiger partial charge in [0.2, 0.25) is 0 Å². The van der Waals surface area contributed by atoms with Gasteiger partial charge in [0.25, 0.3) is 0 Å². The van der Waals surface area contributed by atoms with E-state index in [1.54, 1.807) is 6.92 Å². The lowest BCUT2D eigenvalue weighted by atomic mass is 10.1. The van der Waals surface area contributed by atoms with Crippen LogP contribution in [0.5, 0.6) is 0 Å². The first-order valence-electron chi connectivity index (χ1n) is 3.93. The van der Waals surface area contributed by atoms with E-state index in [2.05, 4.69) is 4.74 Å². The highest BCUT2D eigenvalue weighted by atomic mass is 35.5. The monoisotopic (exact) mass is 212 g/mol. The molecule has 0 atom stereocenters. The Balaban J connectivity index is 3.28. The Morgan fingerprint density at radius 1 is 1.50 bits per heavy atom. The number of rotatable bonds is 2. The lowest BCUT2D eigenvalue weighted by Crippen LogP contribution is -2.03. The second kappa shape index (κ2) is 4.24. The molecule has 0 saturated heterocycles. The number of halogens is 1. The number of hydrogen-bond donors (Lipinski definition) is 0. The number of hydrogen-bond acceptors (Lipinski definition) is 3. The van der Waals surface area contributed by atoms with E-state index >= 15 is 0 Å². The van der Waals surface area contributed by atoms with Crippen LogP contribution < -0.4 is 0 Å². The molecule has 74 valence electrons. The average molecular weight is 213 g/mol. The summed E-state index contributed by atoms with van der Waals surface area (Å²) in [5.74, 6) is -0.504. The van der Waals surface area contributed by atoms with Crippen molar-refractivity contribution in [3.8, 4) is 0 Å². The Morgan fingerprint density at radius 3 is 2.64 bits per heavy atom. The van der Waals surface area contributed by atoms with Crippen LogP contribution in [0.25, 0.3) is 0 Å². The molecule has 0 unspecified atom stereocenters. The number of carbonyl (C=O) groups is 2.